The van der Waals surface area contributed by atoms with Gasteiger partial charge in [-0.1, -0.05) is 13.8 Å². The van der Waals surface area contributed by atoms with Gasteiger partial charge in [0.1, 0.15) is 0 Å². The Balaban J connectivity index is 1.56. The van der Waals surface area contributed by atoms with Gasteiger partial charge in [-0.2, -0.15) is 0 Å². The SMILES string of the molecule is CCC1NC(CC)N(C2C3C4CCC(C4)C32)C1=O. The topological polar surface area (TPSA) is 32.3 Å². The molecule has 100 valence electrons. The van der Waals surface area contributed by atoms with Gasteiger partial charge in [-0.3, -0.25) is 10.1 Å². The summed E-state index contributed by atoms with van der Waals surface area (Å²) >= 11 is 0. The van der Waals surface area contributed by atoms with E-state index in [1.165, 1.54) is 19.3 Å². The smallest absolute Gasteiger partial charge is 0.241 e. The number of fused-ring (bicyclic) bond motifs is 5. The molecule has 3 heteroatoms. The zero-order chi connectivity index (χ0) is 12.4. The summed E-state index contributed by atoms with van der Waals surface area (Å²) in [5.41, 5.74) is 0. The van der Waals surface area contributed by atoms with Crippen LogP contribution < -0.4 is 5.32 Å². The minimum Gasteiger partial charge on any atom is -0.322 e. The van der Waals surface area contributed by atoms with E-state index in [-0.39, 0.29) is 6.04 Å². The fourth-order valence-electron chi connectivity index (χ4n) is 5.33. The Morgan fingerprint density at radius 1 is 1.17 bits per heavy atom. The number of amides is 1. The van der Waals surface area contributed by atoms with E-state index in [2.05, 4.69) is 24.1 Å². The Morgan fingerprint density at radius 3 is 2.39 bits per heavy atom. The van der Waals surface area contributed by atoms with Crippen LogP contribution in [0.15, 0.2) is 0 Å². The third kappa shape index (κ3) is 1.26. The van der Waals surface area contributed by atoms with Gasteiger partial charge in [0.15, 0.2) is 0 Å². The molecule has 4 aliphatic rings. The first-order chi connectivity index (χ1) is 8.76. The van der Waals surface area contributed by atoms with E-state index in [1.807, 2.05) is 0 Å². The van der Waals surface area contributed by atoms with Crippen molar-refractivity contribution in [2.75, 3.05) is 0 Å². The fraction of sp³-hybridized carbons (Fsp3) is 0.933. The largest absolute Gasteiger partial charge is 0.322 e. The summed E-state index contributed by atoms with van der Waals surface area (Å²) in [7, 11) is 0. The van der Waals surface area contributed by atoms with Crippen LogP contribution in [0.1, 0.15) is 46.0 Å². The molecule has 2 bridgehead atoms. The van der Waals surface area contributed by atoms with Gasteiger partial charge in [-0.15, -0.1) is 0 Å². The summed E-state index contributed by atoms with van der Waals surface area (Å²) in [6.07, 6.45) is 6.64. The first kappa shape index (κ1) is 11.3. The van der Waals surface area contributed by atoms with Gasteiger partial charge >= 0.3 is 0 Å². The maximum Gasteiger partial charge on any atom is 0.241 e. The third-order valence-corrected chi connectivity index (χ3v) is 6.09. The monoisotopic (exact) mass is 248 g/mol. The molecular formula is C15H24N2O. The van der Waals surface area contributed by atoms with Crippen molar-refractivity contribution in [1.82, 2.24) is 10.2 Å². The highest BCUT2D eigenvalue weighted by atomic mass is 16.2. The second kappa shape index (κ2) is 3.72. The van der Waals surface area contributed by atoms with Crippen molar-refractivity contribution in [2.24, 2.45) is 23.7 Å². The normalized spacial score (nSPS) is 53.1. The van der Waals surface area contributed by atoms with Gasteiger partial charge in [0.2, 0.25) is 5.91 Å². The Hall–Kier alpha value is -0.570. The maximum atomic E-state index is 12.5. The van der Waals surface area contributed by atoms with Crippen molar-refractivity contribution in [2.45, 2.75) is 64.2 Å². The molecule has 18 heavy (non-hydrogen) atoms. The Morgan fingerprint density at radius 2 is 1.83 bits per heavy atom. The molecule has 1 heterocycles. The van der Waals surface area contributed by atoms with Crippen molar-refractivity contribution in [3.8, 4) is 0 Å². The number of hydrogen-bond acceptors (Lipinski definition) is 2. The first-order valence-electron chi connectivity index (χ1n) is 7.84. The lowest BCUT2D eigenvalue weighted by Crippen LogP contribution is -2.40. The van der Waals surface area contributed by atoms with Crippen LogP contribution in [0.2, 0.25) is 0 Å². The lowest BCUT2D eigenvalue weighted by molar-refractivity contribution is -0.131. The molecule has 4 rings (SSSR count). The van der Waals surface area contributed by atoms with Gasteiger partial charge < -0.3 is 4.90 Å². The van der Waals surface area contributed by atoms with Crippen LogP contribution in [0.5, 0.6) is 0 Å². The second-order valence-corrected chi connectivity index (χ2v) is 6.78. The molecule has 3 aliphatic carbocycles. The number of carbonyl (C=O) groups is 1. The number of hydrogen-bond donors (Lipinski definition) is 1. The van der Waals surface area contributed by atoms with Crippen LogP contribution in [-0.2, 0) is 4.79 Å². The summed E-state index contributed by atoms with van der Waals surface area (Å²) in [6, 6.07) is 0.701. The van der Waals surface area contributed by atoms with Gasteiger partial charge in [-0.05, 0) is 55.8 Å². The lowest BCUT2D eigenvalue weighted by atomic mass is 10.0. The summed E-state index contributed by atoms with van der Waals surface area (Å²) in [5.74, 6) is 4.05. The predicted molar refractivity (Wildman–Crippen MR) is 69.7 cm³/mol. The van der Waals surface area contributed by atoms with Gasteiger partial charge in [-0.25, -0.2) is 0 Å². The molecular weight excluding hydrogens is 224 g/mol. The molecule has 0 spiro atoms. The molecule has 0 radical (unpaired) electrons. The molecule has 1 N–H and O–H groups in total. The fourth-order valence-corrected chi connectivity index (χ4v) is 5.33. The number of nitrogens with one attached hydrogen (secondary N) is 1. The molecule has 3 saturated carbocycles. The zero-order valence-corrected chi connectivity index (χ0v) is 11.4. The van der Waals surface area contributed by atoms with E-state index in [0.717, 1.165) is 36.5 Å². The van der Waals surface area contributed by atoms with Crippen LogP contribution in [0.25, 0.3) is 0 Å². The van der Waals surface area contributed by atoms with Gasteiger partial charge in [0.05, 0.1) is 12.2 Å². The summed E-state index contributed by atoms with van der Waals surface area (Å²) in [4.78, 5) is 14.8. The van der Waals surface area contributed by atoms with Crippen molar-refractivity contribution in [1.29, 1.82) is 0 Å². The van der Waals surface area contributed by atoms with E-state index >= 15 is 0 Å². The highest BCUT2D eigenvalue weighted by Gasteiger charge is 2.68. The second-order valence-electron chi connectivity index (χ2n) is 6.78. The third-order valence-electron chi connectivity index (χ3n) is 6.09. The zero-order valence-electron chi connectivity index (χ0n) is 11.4. The van der Waals surface area contributed by atoms with Crippen LogP contribution in [-0.4, -0.2) is 29.1 Å². The quantitative estimate of drug-likeness (QED) is 0.828. The van der Waals surface area contributed by atoms with Gasteiger partial charge in [0, 0.05) is 6.04 Å². The van der Waals surface area contributed by atoms with Crippen LogP contribution in [0.4, 0.5) is 0 Å². The standard InChI is InChI=1S/C15H24N2O/c1-3-10-15(18)17(11(4-2)16-10)14-12-8-5-6-9(7-8)13(12)14/h8-14,16H,3-7H2,1-2H3. The molecule has 6 atom stereocenters. The van der Waals surface area contributed by atoms with Crippen LogP contribution >= 0.6 is 0 Å². The molecule has 4 fully saturated rings. The summed E-state index contributed by atoms with van der Waals surface area (Å²) in [6.45, 7) is 4.31. The van der Waals surface area contributed by atoms with E-state index in [9.17, 15) is 4.79 Å². The minimum atomic E-state index is 0.0916. The van der Waals surface area contributed by atoms with E-state index < -0.39 is 0 Å². The maximum absolute atomic E-state index is 12.5. The first-order valence-corrected chi connectivity index (χ1v) is 7.84. The van der Waals surface area contributed by atoms with E-state index in [1.54, 1.807) is 0 Å². The summed E-state index contributed by atoms with van der Waals surface area (Å²) in [5, 5.41) is 3.53. The van der Waals surface area contributed by atoms with E-state index in [0.29, 0.717) is 18.1 Å². The number of carbonyl (C=O) groups excluding carboxylic acids is 1. The highest BCUT2D eigenvalue weighted by molar-refractivity contribution is 5.85. The van der Waals surface area contributed by atoms with Gasteiger partial charge in [0.25, 0.3) is 0 Å². The number of rotatable bonds is 3. The molecule has 1 aliphatic heterocycles. The molecule has 1 amide bonds. The molecule has 1 saturated heterocycles. The Labute approximate surface area is 109 Å². The van der Waals surface area contributed by atoms with Crippen molar-refractivity contribution in [3.63, 3.8) is 0 Å². The van der Waals surface area contributed by atoms with Crippen molar-refractivity contribution in [3.05, 3.63) is 0 Å². The van der Waals surface area contributed by atoms with Crippen molar-refractivity contribution >= 4 is 5.91 Å². The molecule has 0 aromatic rings. The number of nitrogens with zero attached hydrogens (tertiary/aromatic N) is 1. The molecule has 3 nitrogen and oxygen atoms in total. The van der Waals surface area contributed by atoms with Crippen LogP contribution in [0.3, 0.4) is 0 Å². The minimum absolute atomic E-state index is 0.0916. The van der Waals surface area contributed by atoms with E-state index in [4.69, 9.17) is 0 Å². The lowest BCUT2D eigenvalue weighted by Gasteiger charge is -2.26. The molecule has 0 aromatic heterocycles. The predicted octanol–water partition coefficient (Wildman–Crippen LogP) is 1.98. The summed E-state index contributed by atoms with van der Waals surface area (Å²) < 4.78 is 0. The van der Waals surface area contributed by atoms with Crippen LogP contribution in [0, 0.1) is 23.7 Å². The Kier molecular flexibility index (Phi) is 2.33. The van der Waals surface area contributed by atoms with Crippen molar-refractivity contribution < 1.29 is 4.79 Å². The highest BCUT2D eigenvalue weighted by Crippen LogP contribution is 2.67. The Bertz CT molecular complexity index is 367. The molecule has 0 aromatic carbocycles. The average molecular weight is 248 g/mol. The average Bonchev–Trinajstić information content (AvgIpc) is 2.75. The molecule has 6 unspecified atom stereocenters.